The Hall–Kier alpha value is -3.40. The van der Waals surface area contributed by atoms with E-state index in [4.69, 9.17) is 9.47 Å². The van der Waals surface area contributed by atoms with Crippen molar-refractivity contribution in [3.63, 3.8) is 0 Å². The van der Waals surface area contributed by atoms with Crippen LogP contribution in [0.15, 0.2) is 66.4 Å². The number of carbonyl (C=O) groups is 1. The molecule has 1 heterocycles. The number of ketones is 1. The van der Waals surface area contributed by atoms with Crippen LogP contribution in [0, 0.1) is 12.7 Å². The molecule has 0 N–H and O–H groups in total. The highest BCUT2D eigenvalue weighted by Crippen LogP contribution is 2.37. The first kappa shape index (κ1) is 19.9. The van der Waals surface area contributed by atoms with Crippen LogP contribution >= 0.6 is 0 Å². The van der Waals surface area contributed by atoms with E-state index in [1.54, 1.807) is 36.4 Å². The number of carbonyl (C=O) groups excluding carboxylic acids is 1. The second-order valence-corrected chi connectivity index (χ2v) is 7.75. The number of ether oxygens (including phenoxy) is 2. The van der Waals surface area contributed by atoms with E-state index in [9.17, 15) is 9.18 Å². The third kappa shape index (κ3) is 3.99. The minimum atomic E-state index is -0.310. The lowest BCUT2D eigenvalue weighted by Gasteiger charge is -2.09. The molecule has 1 aliphatic heterocycles. The summed E-state index contributed by atoms with van der Waals surface area (Å²) < 4.78 is 25.4. The summed E-state index contributed by atoms with van der Waals surface area (Å²) in [5, 5.41) is 0. The van der Waals surface area contributed by atoms with Crippen LogP contribution in [0.4, 0.5) is 4.39 Å². The Kier molecular flexibility index (Phi) is 5.40. The van der Waals surface area contributed by atoms with Gasteiger partial charge in [-0.1, -0.05) is 56.3 Å². The van der Waals surface area contributed by atoms with E-state index < -0.39 is 0 Å². The molecule has 3 aromatic rings. The van der Waals surface area contributed by atoms with Crippen LogP contribution in [0.3, 0.4) is 0 Å². The van der Waals surface area contributed by atoms with Crippen LogP contribution in [0.2, 0.25) is 0 Å². The molecule has 0 fully saturated rings. The molecule has 0 saturated carbocycles. The highest BCUT2D eigenvalue weighted by molar-refractivity contribution is 6.15. The minimum Gasteiger partial charge on any atom is -0.489 e. The first-order valence-corrected chi connectivity index (χ1v) is 9.97. The molecule has 0 radical (unpaired) electrons. The third-order valence-corrected chi connectivity index (χ3v) is 5.20. The van der Waals surface area contributed by atoms with Gasteiger partial charge in [-0.25, -0.2) is 4.39 Å². The zero-order valence-corrected chi connectivity index (χ0v) is 17.2. The van der Waals surface area contributed by atoms with Gasteiger partial charge in [0.1, 0.15) is 23.9 Å². The van der Waals surface area contributed by atoms with E-state index in [0.717, 1.165) is 11.1 Å². The molecular formula is C26H23FO3. The molecular weight excluding hydrogens is 379 g/mol. The molecule has 152 valence electrons. The number of fused-ring (bicyclic) bond motifs is 1. The van der Waals surface area contributed by atoms with Crippen molar-refractivity contribution in [1.82, 2.24) is 0 Å². The molecule has 0 spiro atoms. The van der Waals surface area contributed by atoms with Crippen LogP contribution in [-0.4, -0.2) is 5.78 Å². The lowest BCUT2D eigenvalue weighted by Crippen LogP contribution is -2.00. The second-order valence-electron chi connectivity index (χ2n) is 7.75. The Morgan fingerprint density at radius 2 is 1.80 bits per heavy atom. The van der Waals surface area contributed by atoms with Crippen molar-refractivity contribution in [2.75, 3.05) is 0 Å². The average molecular weight is 402 g/mol. The molecule has 0 saturated heterocycles. The maximum absolute atomic E-state index is 13.8. The number of hydrogen-bond donors (Lipinski definition) is 0. The van der Waals surface area contributed by atoms with Crippen molar-refractivity contribution < 1.29 is 18.7 Å². The van der Waals surface area contributed by atoms with Gasteiger partial charge in [-0.3, -0.25) is 4.79 Å². The van der Waals surface area contributed by atoms with Gasteiger partial charge in [0.25, 0.3) is 0 Å². The molecule has 30 heavy (non-hydrogen) atoms. The molecule has 3 aromatic carbocycles. The predicted octanol–water partition coefficient (Wildman–Crippen LogP) is 6.45. The zero-order valence-electron chi connectivity index (χ0n) is 17.2. The quantitative estimate of drug-likeness (QED) is 0.460. The summed E-state index contributed by atoms with van der Waals surface area (Å²) in [6, 6.07) is 18.0. The van der Waals surface area contributed by atoms with Gasteiger partial charge in [-0.2, -0.15) is 0 Å². The van der Waals surface area contributed by atoms with Crippen LogP contribution in [0.25, 0.3) is 6.08 Å². The predicted molar refractivity (Wildman–Crippen MR) is 115 cm³/mol. The van der Waals surface area contributed by atoms with Crippen LogP contribution < -0.4 is 9.47 Å². The summed E-state index contributed by atoms with van der Waals surface area (Å²) in [5.74, 6) is 1.28. The lowest BCUT2D eigenvalue weighted by atomic mass is 10.0. The molecule has 4 heteroatoms. The molecule has 0 amide bonds. The molecule has 0 aliphatic carbocycles. The Morgan fingerprint density at radius 1 is 1.07 bits per heavy atom. The number of allylic oxidation sites excluding steroid dienone is 1. The zero-order chi connectivity index (χ0) is 21.3. The molecule has 1 aliphatic rings. The second kappa shape index (κ2) is 8.15. The minimum absolute atomic E-state index is 0.101. The fraction of sp³-hybridized carbons (Fsp3) is 0.192. The van der Waals surface area contributed by atoms with Crippen LogP contribution in [0.1, 0.15) is 52.4 Å². The molecule has 0 unspecified atom stereocenters. The first-order chi connectivity index (χ1) is 14.4. The topological polar surface area (TPSA) is 35.5 Å². The number of hydrogen-bond acceptors (Lipinski definition) is 3. The van der Waals surface area contributed by atoms with E-state index >= 15 is 0 Å². The number of halogens is 1. The Balaban J connectivity index is 1.55. The van der Waals surface area contributed by atoms with E-state index in [2.05, 4.69) is 26.0 Å². The fourth-order valence-corrected chi connectivity index (χ4v) is 3.47. The number of aryl methyl sites for hydroxylation is 1. The van der Waals surface area contributed by atoms with Gasteiger partial charge >= 0.3 is 0 Å². The monoisotopic (exact) mass is 402 g/mol. The molecule has 3 nitrogen and oxygen atoms in total. The molecule has 0 bridgehead atoms. The maximum atomic E-state index is 13.8. The van der Waals surface area contributed by atoms with Crippen molar-refractivity contribution >= 4 is 11.9 Å². The van der Waals surface area contributed by atoms with Gasteiger partial charge < -0.3 is 9.47 Å². The Morgan fingerprint density at radius 3 is 2.50 bits per heavy atom. The van der Waals surface area contributed by atoms with Crippen LogP contribution in [-0.2, 0) is 6.61 Å². The number of benzene rings is 3. The van der Waals surface area contributed by atoms with Crippen molar-refractivity contribution in [3.8, 4) is 11.5 Å². The molecule has 0 aromatic heterocycles. The highest BCUT2D eigenvalue weighted by Gasteiger charge is 2.30. The van der Waals surface area contributed by atoms with Gasteiger partial charge in [-0.05, 0) is 47.7 Å². The first-order valence-electron chi connectivity index (χ1n) is 9.97. The fourth-order valence-electron chi connectivity index (χ4n) is 3.47. The van der Waals surface area contributed by atoms with E-state index in [0.29, 0.717) is 28.5 Å². The van der Waals surface area contributed by atoms with Crippen LogP contribution in [0.5, 0.6) is 11.5 Å². The normalized spacial score (nSPS) is 14.2. The van der Waals surface area contributed by atoms with E-state index in [1.807, 2.05) is 19.1 Å². The summed E-state index contributed by atoms with van der Waals surface area (Å²) in [6.07, 6.45) is 1.76. The maximum Gasteiger partial charge on any atom is 0.232 e. The standard InChI is InChI=1S/C26H23FO3/c1-16(2)19-10-8-18(9-11-19)13-24-26(28)25-17(3)12-21(14-23(25)30-24)29-15-20-6-4-5-7-22(20)27/h4-14,16H,15H2,1-3H3/b24-13-. The van der Waals surface area contributed by atoms with Crippen molar-refractivity contribution in [2.24, 2.45) is 0 Å². The SMILES string of the molecule is Cc1cc(OCc2ccccc2F)cc2c1C(=O)/C(=C/c1ccc(C(C)C)cc1)O2. The summed E-state index contributed by atoms with van der Waals surface area (Å²) in [4.78, 5) is 12.8. The smallest absolute Gasteiger partial charge is 0.232 e. The summed E-state index contributed by atoms with van der Waals surface area (Å²) >= 11 is 0. The highest BCUT2D eigenvalue weighted by atomic mass is 19.1. The van der Waals surface area contributed by atoms with Gasteiger partial charge in [0.05, 0.1) is 5.56 Å². The summed E-state index contributed by atoms with van der Waals surface area (Å²) in [6.45, 7) is 6.23. The largest absolute Gasteiger partial charge is 0.489 e. The Labute approximate surface area is 175 Å². The van der Waals surface area contributed by atoms with Gasteiger partial charge in [0, 0.05) is 11.6 Å². The molecule has 0 atom stereocenters. The van der Waals surface area contributed by atoms with Crippen molar-refractivity contribution in [3.05, 3.63) is 100 Å². The van der Waals surface area contributed by atoms with Gasteiger partial charge in [0.2, 0.25) is 5.78 Å². The third-order valence-electron chi connectivity index (χ3n) is 5.20. The molecule has 4 rings (SSSR count). The van der Waals surface area contributed by atoms with Gasteiger partial charge in [-0.15, -0.1) is 0 Å². The summed E-state index contributed by atoms with van der Waals surface area (Å²) in [5.41, 5.74) is 3.92. The average Bonchev–Trinajstić information content (AvgIpc) is 3.03. The summed E-state index contributed by atoms with van der Waals surface area (Å²) in [7, 11) is 0. The van der Waals surface area contributed by atoms with Crippen molar-refractivity contribution in [1.29, 1.82) is 0 Å². The lowest BCUT2D eigenvalue weighted by molar-refractivity contribution is 0.101. The van der Waals surface area contributed by atoms with E-state index in [1.165, 1.54) is 11.6 Å². The van der Waals surface area contributed by atoms with Gasteiger partial charge in [0.15, 0.2) is 5.76 Å². The Bertz CT molecular complexity index is 1130. The van der Waals surface area contributed by atoms with Crippen molar-refractivity contribution in [2.45, 2.75) is 33.3 Å². The number of rotatable bonds is 5. The number of Topliss-reactive ketones (excluding diaryl/α,β-unsaturated/α-hetero) is 1. The van der Waals surface area contributed by atoms with E-state index in [-0.39, 0.29) is 24.0 Å².